The summed E-state index contributed by atoms with van der Waals surface area (Å²) in [5.74, 6) is 1.02. The van der Waals surface area contributed by atoms with Crippen molar-refractivity contribution in [2.24, 2.45) is 0 Å². The van der Waals surface area contributed by atoms with Crippen LogP contribution in [0.2, 0.25) is 0 Å². The van der Waals surface area contributed by atoms with Crippen molar-refractivity contribution in [2.75, 3.05) is 0 Å². The van der Waals surface area contributed by atoms with Crippen LogP contribution < -0.4 is 4.74 Å². The molecule has 1 N–H and O–H groups in total. The Kier molecular flexibility index (Phi) is 4.30. The molecule has 0 aliphatic carbocycles. The van der Waals surface area contributed by atoms with Crippen molar-refractivity contribution in [1.29, 1.82) is 0 Å². The van der Waals surface area contributed by atoms with Crippen LogP contribution in [-0.2, 0) is 6.42 Å². The molecule has 1 unspecified atom stereocenters. The smallest absolute Gasteiger partial charge is 0.387 e. The van der Waals surface area contributed by atoms with E-state index in [1.807, 2.05) is 0 Å². The first-order valence-electron chi connectivity index (χ1n) is 5.32. The highest BCUT2D eigenvalue weighted by atomic mass is 79.9. The van der Waals surface area contributed by atoms with Crippen LogP contribution in [0.25, 0.3) is 0 Å². The summed E-state index contributed by atoms with van der Waals surface area (Å²) in [4.78, 5) is 7.21. The lowest BCUT2D eigenvalue weighted by Crippen LogP contribution is -2.02. The quantitative estimate of drug-likeness (QED) is 0.854. The first kappa shape index (κ1) is 13.0. The minimum Gasteiger partial charge on any atom is -0.435 e. The number of ether oxygens (including phenoxy) is 1. The van der Waals surface area contributed by atoms with Crippen LogP contribution in [0, 0.1) is 0 Å². The van der Waals surface area contributed by atoms with E-state index < -0.39 is 6.61 Å². The van der Waals surface area contributed by atoms with Crippen molar-refractivity contribution in [3.8, 4) is 5.75 Å². The fourth-order valence-electron chi connectivity index (χ4n) is 1.56. The Morgan fingerprint density at radius 2 is 2.00 bits per heavy atom. The van der Waals surface area contributed by atoms with Crippen molar-refractivity contribution in [3.05, 3.63) is 48.0 Å². The molecular formula is C12H11BrF2N2O. The predicted molar refractivity (Wildman–Crippen MR) is 67.0 cm³/mol. The second-order valence-electron chi connectivity index (χ2n) is 3.66. The van der Waals surface area contributed by atoms with Crippen LogP contribution >= 0.6 is 15.9 Å². The van der Waals surface area contributed by atoms with E-state index in [0.717, 1.165) is 11.4 Å². The highest BCUT2D eigenvalue weighted by molar-refractivity contribution is 9.09. The normalized spacial score (nSPS) is 12.7. The zero-order chi connectivity index (χ0) is 13.0. The van der Waals surface area contributed by atoms with Crippen LogP contribution in [0.15, 0.2) is 36.7 Å². The molecule has 1 aromatic carbocycles. The number of alkyl halides is 3. The first-order chi connectivity index (χ1) is 8.65. The van der Waals surface area contributed by atoms with Gasteiger partial charge in [0.15, 0.2) is 0 Å². The number of rotatable bonds is 5. The number of imidazole rings is 1. The number of benzene rings is 1. The molecule has 0 spiro atoms. The van der Waals surface area contributed by atoms with Gasteiger partial charge in [-0.05, 0) is 17.7 Å². The summed E-state index contributed by atoms with van der Waals surface area (Å²) in [5, 5.41) is 0. The Morgan fingerprint density at radius 3 is 2.56 bits per heavy atom. The topological polar surface area (TPSA) is 37.9 Å². The first-order valence-corrected chi connectivity index (χ1v) is 6.24. The van der Waals surface area contributed by atoms with Gasteiger partial charge in [-0.1, -0.05) is 28.1 Å². The Morgan fingerprint density at radius 1 is 1.28 bits per heavy atom. The van der Waals surface area contributed by atoms with Crippen LogP contribution in [0.3, 0.4) is 0 Å². The van der Waals surface area contributed by atoms with E-state index in [4.69, 9.17) is 0 Å². The molecule has 2 aromatic rings. The second-order valence-corrected chi connectivity index (χ2v) is 4.76. The molecular weight excluding hydrogens is 306 g/mol. The predicted octanol–water partition coefficient (Wildman–Crippen LogP) is 3.69. The SMILES string of the molecule is FC(F)Oc1ccc(C(Br)Cc2ncc[nH]2)cc1. The molecule has 96 valence electrons. The lowest BCUT2D eigenvalue weighted by molar-refractivity contribution is -0.0498. The van der Waals surface area contributed by atoms with Gasteiger partial charge in [-0.25, -0.2) is 4.98 Å². The number of aromatic nitrogens is 2. The van der Waals surface area contributed by atoms with E-state index in [1.165, 1.54) is 12.1 Å². The minimum atomic E-state index is -2.79. The fourth-order valence-corrected chi connectivity index (χ4v) is 2.17. The number of halogens is 3. The number of aromatic amines is 1. The molecule has 1 aromatic heterocycles. The lowest BCUT2D eigenvalue weighted by atomic mass is 10.1. The van der Waals surface area contributed by atoms with Crippen molar-refractivity contribution in [3.63, 3.8) is 0 Å². The van der Waals surface area contributed by atoms with E-state index in [1.54, 1.807) is 24.5 Å². The van der Waals surface area contributed by atoms with E-state index in [0.29, 0.717) is 6.42 Å². The average Bonchev–Trinajstić information content (AvgIpc) is 2.82. The van der Waals surface area contributed by atoms with Crippen molar-refractivity contribution >= 4 is 15.9 Å². The number of nitrogens with zero attached hydrogens (tertiary/aromatic N) is 1. The van der Waals surface area contributed by atoms with Gasteiger partial charge >= 0.3 is 6.61 Å². The van der Waals surface area contributed by atoms with E-state index >= 15 is 0 Å². The third kappa shape index (κ3) is 3.53. The molecule has 0 aliphatic rings. The van der Waals surface area contributed by atoms with E-state index in [-0.39, 0.29) is 10.6 Å². The Bertz CT molecular complexity index is 473. The van der Waals surface area contributed by atoms with Crippen molar-refractivity contribution < 1.29 is 13.5 Å². The summed E-state index contributed by atoms with van der Waals surface area (Å²) in [6, 6.07) is 6.55. The molecule has 18 heavy (non-hydrogen) atoms. The molecule has 0 saturated carbocycles. The summed E-state index contributed by atoms with van der Waals surface area (Å²) >= 11 is 3.53. The zero-order valence-corrected chi connectivity index (χ0v) is 10.9. The van der Waals surface area contributed by atoms with Gasteiger partial charge in [-0.15, -0.1) is 0 Å². The van der Waals surface area contributed by atoms with Crippen molar-refractivity contribution in [2.45, 2.75) is 17.9 Å². The molecule has 0 radical (unpaired) electrons. The van der Waals surface area contributed by atoms with Crippen LogP contribution in [0.5, 0.6) is 5.75 Å². The van der Waals surface area contributed by atoms with Gasteiger partial charge in [-0.3, -0.25) is 0 Å². The molecule has 0 bridgehead atoms. The Labute approximate surface area is 111 Å². The fraction of sp³-hybridized carbons (Fsp3) is 0.250. The van der Waals surface area contributed by atoms with Crippen molar-refractivity contribution in [1.82, 2.24) is 9.97 Å². The van der Waals surface area contributed by atoms with Gasteiger partial charge in [0, 0.05) is 23.6 Å². The van der Waals surface area contributed by atoms with E-state index in [2.05, 4.69) is 30.6 Å². The number of nitrogens with one attached hydrogen (secondary N) is 1. The monoisotopic (exact) mass is 316 g/mol. The number of hydrogen-bond acceptors (Lipinski definition) is 2. The third-order valence-corrected chi connectivity index (χ3v) is 3.25. The highest BCUT2D eigenvalue weighted by Gasteiger charge is 2.11. The maximum absolute atomic E-state index is 12.0. The highest BCUT2D eigenvalue weighted by Crippen LogP contribution is 2.27. The molecule has 0 amide bonds. The third-order valence-electron chi connectivity index (χ3n) is 2.39. The molecule has 1 heterocycles. The molecule has 0 aliphatic heterocycles. The summed E-state index contributed by atoms with van der Waals surface area (Å²) < 4.78 is 28.3. The zero-order valence-electron chi connectivity index (χ0n) is 9.32. The van der Waals surface area contributed by atoms with Gasteiger partial charge in [0.05, 0.1) is 0 Å². The second kappa shape index (κ2) is 5.95. The largest absolute Gasteiger partial charge is 0.435 e. The number of H-pyrrole nitrogens is 1. The molecule has 6 heteroatoms. The lowest BCUT2D eigenvalue weighted by Gasteiger charge is -2.10. The maximum Gasteiger partial charge on any atom is 0.387 e. The minimum absolute atomic E-state index is 0.0734. The summed E-state index contributed by atoms with van der Waals surface area (Å²) in [5.41, 5.74) is 0.980. The van der Waals surface area contributed by atoms with Crippen LogP contribution in [0.1, 0.15) is 16.2 Å². The van der Waals surface area contributed by atoms with Gasteiger partial charge < -0.3 is 9.72 Å². The van der Waals surface area contributed by atoms with Gasteiger partial charge in [0.25, 0.3) is 0 Å². The average molecular weight is 317 g/mol. The number of hydrogen-bond donors (Lipinski definition) is 1. The van der Waals surface area contributed by atoms with Gasteiger partial charge in [0.2, 0.25) is 0 Å². The van der Waals surface area contributed by atoms with Crippen LogP contribution in [-0.4, -0.2) is 16.6 Å². The molecule has 3 nitrogen and oxygen atoms in total. The van der Waals surface area contributed by atoms with Gasteiger partial charge in [-0.2, -0.15) is 8.78 Å². The van der Waals surface area contributed by atoms with Gasteiger partial charge in [0.1, 0.15) is 11.6 Å². The molecule has 2 rings (SSSR count). The summed E-state index contributed by atoms with van der Waals surface area (Å²) in [6.45, 7) is -2.79. The maximum atomic E-state index is 12.0. The molecule has 0 saturated heterocycles. The van der Waals surface area contributed by atoms with E-state index in [9.17, 15) is 8.78 Å². The summed E-state index contributed by atoms with van der Waals surface area (Å²) in [7, 11) is 0. The molecule has 0 fully saturated rings. The standard InChI is InChI=1S/C12H11BrF2N2O/c13-10(7-11-16-5-6-17-11)8-1-3-9(4-2-8)18-12(14)15/h1-6,10,12H,7H2,(H,16,17). The Hall–Kier alpha value is -1.43. The van der Waals surface area contributed by atoms with Crippen LogP contribution in [0.4, 0.5) is 8.78 Å². The Balaban J connectivity index is 2.00. The summed E-state index contributed by atoms with van der Waals surface area (Å²) in [6.07, 6.45) is 4.14. The molecule has 1 atom stereocenters.